The first-order chi connectivity index (χ1) is 9.09. The molecule has 0 amide bonds. The van der Waals surface area contributed by atoms with Gasteiger partial charge in [0, 0.05) is 12.6 Å². The minimum absolute atomic E-state index is 0.400. The molecule has 0 aliphatic heterocycles. The highest BCUT2D eigenvalue weighted by Gasteiger charge is 2.27. The molecule has 0 fully saturated rings. The maximum absolute atomic E-state index is 10.4. The van der Waals surface area contributed by atoms with Gasteiger partial charge in [-0.05, 0) is 42.7 Å². The van der Waals surface area contributed by atoms with Crippen LogP contribution in [0, 0.1) is 0 Å². The second-order valence-electron chi connectivity index (χ2n) is 5.97. The van der Waals surface area contributed by atoms with E-state index < -0.39 is 5.60 Å². The van der Waals surface area contributed by atoms with E-state index in [-0.39, 0.29) is 0 Å². The Morgan fingerprint density at radius 2 is 1.79 bits per heavy atom. The lowest BCUT2D eigenvalue weighted by Gasteiger charge is -2.34. The number of aliphatic hydroxyl groups is 1. The molecule has 2 heteroatoms. The summed E-state index contributed by atoms with van der Waals surface area (Å²) >= 11 is 0. The number of rotatable bonds is 5. The molecule has 0 saturated carbocycles. The van der Waals surface area contributed by atoms with Crippen molar-refractivity contribution in [3.05, 3.63) is 35.4 Å². The van der Waals surface area contributed by atoms with E-state index in [1.165, 1.54) is 24.0 Å². The third-order valence-corrected chi connectivity index (χ3v) is 4.78. The summed E-state index contributed by atoms with van der Waals surface area (Å²) in [6.45, 7) is 7.11. The molecule has 2 rings (SSSR count). The van der Waals surface area contributed by atoms with Gasteiger partial charge < -0.3 is 10.4 Å². The summed E-state index contributed by atoms with van der Waals surface area (Å²) in [6, 6.07) is 9.14. The molecule has 0 radical (unpaired) electrons. The van der Waals surface area contributed by atoms with Crippen LogP contribution in [-0.2, 0) is 0 Å². The summed E-state index contributed by atoms with van der Waals surface area (Å²) in [5.74, 6) is 0.658. The fourth-order valence-corrected chi connectivity index (χ4v) is 3.03. The van der Waals surface area contributed by atoms with Crippen LogP contribution in [0.2, 0.25) is 0 Å². The SMILES string of the molecule is CCC(O)(CC)CNC1CCC(C)c2ccccc21. The van der Waals surface area contributed by atoms with Crippen LogP contribution in [0.1, 0.15) is 69.5 Å². The summed E-state index contributed by atoms with van der Waals surface area (Å²) in [7, 11) is 0. The minimum atomic E-state index is -0.558. The van der Waals surface area contributed by atoms with Crippen molar-refractivity contribution in [2.75, 3.05) is 6.54 Å². The summed E-state index contributed by atoms with van der Waals surface area (Å²) < 4.78 is 0. The van der Waals surface area contributed by atoms with E-state index in [4.69, 9.17) is 0 Å². The van der Waals surface area contributed by atoms with Crippen LogP contribution < -0.4 is 5.32 Å². The number of benzene rings is 1. The molecule has 2 atom stereocenters. The second-order valence-corrected chi connectivity index (χ2v) is 5.97. The highest BCUT2D eigenvalue weighted by atomic mass is 16.3. The lowest BCUT2D eigenvalue weighted by Crippen LogP contribution is -2.41. The fraction of sp³-hybridized carbons (Fsp3) is 0.647. The smallest absolute Gasteiger partial charge is 0.0766 e. The highest BCUT2D eigenvalue weighted by molar-refractivity contribution is 5.34. The number of hydrogen-bond acceptors (Lipinski definition) is 2. The van der Waals surface area contributed by atoms with E-state index in [1.807, 2.05) is 0 Å². The van der Waals surface area contributed by atoms with Crippen LogP contribution in [0.3, 0.4) is 0 Å². The zero-order valence-corrected chi connectivity index (χ0v) is 12.4. The van der Waals surface area contributed by atoms with Crippen LogP contribution in [0.15, 0.2) is 24.3 Å². The lowest BCUT2D eigenvalue weighted by molar-refractivity contribution is 0.0292. The molecule has 0 saturated heterocycles. The number of fused-ring (bicyclic) bond motifs is 1. The Balaban J connectivity index is 2.09. The van der Waals surface area contributed by atoms with Crippen LogP contribution in [0.5, 0.6) is 0 Å². The number of nitrogens with one attached hydrogen (secondary N) is 1. The summed E-state index contributed by atoms with van der Waals surface area (Å²) in [5.41, 5.74) is 2.34. The average molecular weight is 261 g/mol. The Kier molecular flexibility index (Phi) is 4.64. The summed E-state index contributed by atoms with van der Waals surface area (Å²) in [5, 5.41) is 14.0. The predicted molar refractivity (Wildman–Crippen MR) is 80.4 cm³/mol. The standard InChI is InChI=1S/C17H27NO/c1-4-17(19,5-2)12-18-16-11-10-13(3)14-8-6-7-9-15(14)16/h6-9,13,16,18-19H,4-5,10-12H2,1-3H3. The molecule has 0 aromatic heterocycles. The monoisotopic (exact) mass is 261 g/mol. The van der Waals surface area contributed by atoms with Crippen molar-refractivity contribution in [2.24, 2.45) is 0 Å². The van der Waals surface area contributed by atoms with Crippen molar-refractivity contribution in [1.29, 1.82) is 0 Å². The van der Waals surface area contributed by atoms with Crippen molar-refractivity contribution in [1.82, 2.24) is 5.32 Å². The Morgan fingerprint density at radius 1 is 1.16 bits per heavy atom. The zero-order chi connectivity index (χ0) is 13.9. The number of hydrogen-bond donors (Lipinski definition) is 2. The summed E-state index contributed by atoms with van der Waals surface area (Å²) in [6.07, 6.45) is 4.01. The zero-order valence-electron chi connectivity index (χ0n) is 12.4. The van der Waals surface area contributed by atoms with Crippen molar-refractivity contribution in [3.8, 4) is 0 Å². The first-order valence-corrected chi connectivity index (χ1v) is 7.64. The van der Waals surface area contributed by atoms with Gasteiger partial charge in [0.2, 0.25) is 0 Å². The molecule has 1 aliphatic rings. The van der Waals surface area contributed by atoms with Gasteiger partial charge in [-0.2, -0.15) is 0 Å². The van der Waals surface area contributed by atoms with E-state index in [0.717, 1.165) is 12.8 Å². The Hall–Kier alpha value is -0.860. The molecule has 2 N–H and O–H groups in total. The quantitative estimate of drug-likeness (QED) is 0.845. The van der Waals surface area contributed by atoms with Crippen molar-refractivity contribution in [3.63, 3.8) is 0 Å². The average Bonchev–Trinajstić information content (AvgIpc) is 2.46. The van der Waals surface area contributed by atoms with Gasteiger partial charge in [0.05, 0.1) is 5.60 Å². The molecule has 1 aromatic carbocycles. The second kappa shape index (κ2) is 6.06. The molecule has 106 valence electrons. The maximum Gasteiger partial charge on any atom is 0.0766 e. The Bertz CT molecular complexity index is 411. The predicted octanol–water partition coefficient (Wildman–Crippen LogP) is 3.77. The van der Waals surface area contributed by atoms with Gasteiger partial charge in [-0.3, -0.25) is 0 Å². The van der Waals surface area contributed by atoms with E-state index in [0.29, 0.717) is 18.5 Å². The van der Waals surface area contributed by atoms with Crippen LogP contribution in [0.25, 0.3) is 0 Å². The molecular weight excluding hydrogens is 234 g/mol. The third kappa shape index (κ3) is 3.18. The largest absolute Gasteiger partial charge is 0.389 e. The van der Waals surface area contributed by atoms with Crippen LogP contribution in [0.4, 0.5) is 0 Å². The Labute approximate surface area is 117 Å². The van der Waals surface area contributed by atoms with Gasteiger partial charge in [0.25, 0.3) is 0 Å². The van der Waals surface area contributed by atoms with Crippen molar-refractivity contribution < 1.29 is 5.11 Å². The Morgan fingerprint density at radius 3 is 2.42 bits per heavy atom. The van der Waals surface area contributed by atoms with Gasteiger partial charge in [-0.25, -0.2) is 0 Å². The third-order valence-electron chi connectivity index (χ3n) is 4.78. The lowest BCUT2D eigenvalue weighted by atomic mass is 9.81. The van der Waals surface area contributed by atoms with Gasteiger partial charge in [-0.1, -0.05) is 45.0 Å². The topological polar surface area (TPSA) is 32.3 Å². The highest BCUT2D eigenvalue weighted by Crippen LogP contribution is 2.37. The molecule has 0 bridgehead atoms. The molecule has 19 heavy (non-hydrogen) atoms. The van der Waals surface area contributed by atoms with Gasteiger partial charge in [0.1, 0.15) is 0 Å². The molecule has 1 aliphatic carbocycles. The maximum atomic E-state index is 10.4. The molecule has 2 unspecified atom stereocenters. The fourth-order valence-electron chi connectivity index (χ4n) is 3.03. The molecule has 2 nitrogen and oxygen atoms in total. The molecular formula is C17H27NO. The van der Waals surface area contributed by atoms with Gasteiger partial charge in [-0.15, -0.1) is 0 Å². The van der Waals surface area contributed by atoms with Crippen molar-refractivity contribution >= 4 is 0 Å². The van der Waals surface area contributed by atoms with E-state index in [2.05, 4.69) is 50.4 Å². The van der Waals surface area contributed by atoms with E-state index in [1.54, 1.807) is 0 Å². The summed E-state index contributed by atoms with van der Waals surface area (Å²) in [4.78, 5) is 0. The minimum Gasteiger partial charge on any atom is -0.389 e. The van der Waals surface area contributed by atoms with Crippen molar-refractivity contribution in [2.45, 2.75) is 64.0 Å². The van der Waals surface area contributed by atoms with E-state index in [9.17, 15) is 5.11 Å². The van der Waals surface area contributed by atoms with Crippen LogP contribution in [-0.4, -0.2) is 17.3 Å². The first-order valence-electron chi connectivity index (χ1n) is 7.64. The van der Waals surface area contributed by atoms with Gasteiger partial charge >= 0.3 is 0 Å². The van der Waals surface area contributed by atoms with Gasteiger partial charge in [0.15, 0.2) is 0 Å². The van der Waals surface area contributed by atoms with E-state index >= 15 is 0 Å². The van der Waals surface area contributed by atoms with Crippen LogP contribution >= 0.6 is 0 Å². The normalized spacial score (nSPS) is 23.2. The molecule has 0 heterocycles. The molecule has 1 aromatic rings. The first kappa shape index (κ1) is 14.5. The molecule has 0 spiro atoms.